The molecule has 0 aromatic heterocycles. The number of hydrogen-bond acceptors (Lipinski definition) is 1. The molecule has 0 heterocycles. The molecule has 0 bridgehead atoms. The van der Waals surface area contributed by atoms with Crippen LogP contribution < -0.4 is 4.74 Å². The third kappa shape index (κ3) is 2.77. The number of aryl methyl sites for hydroxylation is 1. The fourth-order valence-corrected chi connectivity index (χ4v) is 1.75. The van der Waals surface area contributed by atoms with Crippen molar-refractivity contribution in [3.8, 4) is 5.75 Å². The van der Waals surface area contributed by atoms with Crippen LogP contribution in [0.25, 0.3) is 0 Å². The first-order chi connectivity index (χ1) is 7.75. The fourth-order valence-electron chi connectivity index (χ4n) is 1.46. The molecule has 0 N–H and O–H groups in total. The Morgan fingerprint density at radius 1 is 1.06 bits per heavy atom. The van der Waals surface area contributed by atoms with Crippen LogP contribution in [0.2, 0.25) is 5.02 Å². The highest BCUT2D eigenvalue weighted by molar-refractivity contribution is 6.32. The van der Waals surface area contributed by atoms with Crippen molar-refractivity contribution in [3.63, 3.8) is 0 Å². The van der Waals surface area contributed by atoms with Crippen LogP contribution >= 0.6 is 11.6 Å². The topological polar surface area (TPSA) is 9.23 Å². The molecule has 82 valence electrons. The van der Waals surface area contributed by atoms with Gasteiger partial charge in [0.1, 0.15) is 12.4 Å². The van der Waals surface area contributed by atoms with Gasteiger partial charge in [0, 0.05) is 0 Å². The van der Waals surface area contributed by atoms with E-state index in [0.29, 0.717) is 11.6 Å². The molecule has 2 aromatic carbocycles. The van der Waals surface area contributed by atoms with Crippen LogP contribution in [-0.4, -0.2) is 0 Å². The predicted molar refractivity (Wildman–Crippen MR) is 67.0 cm³/mol. The average Bonchev–Trinajstić information content (AvgIpc) is 2.29. The lowest BCUT2D eigenvalue weighted by atomic mass is 10.2. The molecule has 2 heteroatoms. The second-order valence-electron chi connectivity index (χ2n) is 3.71. The van der Waals surface area contributed by atoms with Gasteiger partial charge in [-0.25, -0.2) is 0 Å². The Balaban J connectivity index is 2.05. The molecule has 1 nitrogen and oxygen atoms in total. The van der Waals surface area contributed by atoms with Crippen molar-refractivity contribution in [2.45, 2.75) is 13.5 Å². The van der Waals surface area contributed by atoms with Gasteiger partial charge < -0.3 is 4.74 Å². The van der Waals surface area contributed by atoms with Gasteiger partial charge >= 0.3 is 0 Å². The minimum Gasteiger partial charge on any atom is -0.487 e. The summed E-state index contributed by atoms with van der Waals surface area (Å²) in [4.78, 5) is 0. The van der Waals surface area contributed by atoms with Crippen LogP contribution in [0.5, 0.6) is 5.75 Å². The zero-order valence-corrected chi connectivity index (χ0v) is 9.87. The number of rotatable bonds is 3. The lowest BCUT2D eigenvalue weighted by Crippen LogP contribution is -1.95. The number of hydrogen-bond donors (Lipinski definition) is 0. The Kier molecular flexibility index (Phi) is 3.47. The highest BCUT2D eigenvalue weighted by Crippen LogP contribution is 2.25. The Hall–Kier alpha value is -1.47. The van der Waals surface area contributed by atoms with Crippen molar-refractivity contribution in [1.82, 2.24) is 0 Å². The van der Waals surface area contributed by atoms with Gasteiger partial charge in [0.15, 0.2) is 0 Å². The monoisotopic (exact) mass is 232 g/mol. The van der Waals surface area contributed by atoms with Crippen LogP contribution in [0.1, 0.15) is 11.1 Å². The molecule has 2 rings (SSSR count). The number of halogens is 1. The van der Waals surface area contributed by atoms with Gasteiger partial charge in [-0.3, -0.25) is 0 Å². The van der Waals surface area contributed by atoms with E-state index in [1.165, 1.54) is 0 Å². The maximum Gasteiger partial charge on any atom is 0.138 e. The largest absolute Gasteiger partial charge is 0.487 e. The summed E-state index contributed by atoms with van der Waals surface area (Å²) in [5.41, 5.74) is 2.27. The summed E-state index contributed by atoms with van der Waals surface area (Å²) in [7, 11) is 0. The molecule has 0 unspecified atom stereocenters. The second kappa shape index (κ2) is 5.04. The van der Waals surface area contributed by atoms with Gasteiger partial charge in [-0.2, -0.15) is 0 Å². The van der Waals surface area contributed by atoms with Crippen molar-refractivity contribution < 1.29 is 4.74 Å². The zero-order chi connectivity index (χ0) is 11.4. The lowest BCUT2D eigenvalue weighted by molar-refractivity contribution is 0.306. The van der Waals surface area contributed by atoms with E-state index in [9.17, 15) is 0 Å². The normalized spacial score (nSPS) is 10.1. The molecule has 0 aliphatic heterocycles. The van der Waals surface area contributed by atoms with E-state index in [2.05, 4.69) is 0 Å². The van der Waals surface area contributed by atoms with E-state index in [1.807, 2.05) is 55.5 Å². The summed E-state index contributed by atoms with van der Waals surface area (Å²) in [6.45, 7) is 2.55. The minimum atomic E-state index is 0.545. The van der Waals surface area contributed by atoms with Crippen LogP contribution in [0.15, 0.2) is 48.5 Å². The summed E-state index contributed by atoms with van der Waals surface area (Å²) in [6.07, 6.45) is 0. The molecule has 0 radical (unpaired) electrons. The van der Waals surface area contributed by atoms with Crippen molar-refractivity contribution in [2.75, 3.05) is 0 Å². The highest BCUT2D eigenvalue weighted by Gasteiger charge is 2.01. The van der Waals surface area contributed by atoms with Gasteiger partial charge in [0.2, 0.25) is 0 Å². The molecular formula is C14H13ClO. The first kappa shape index (κ1) is 11.0. The smallest absolute Gasteiger partial charge is 0.138 e. The second-order valence-corrected chi connectivity index (χ2v) is 4.12. The Labute approximate surface area is 101 Å². The van der Waals surface area contributed by atoms with E-state index in [0.717, 1.165) is 16.9 Å². The number of benzene rings is 2. The summed E-state index contributed by atoms with van der Waals surface area (Å²) in [5, 5.41) is 0.663. The summed E-state index contributed by atoms with van der Waals surface area (Å²) in [6, 6.07) is 15.8. The summed E-state index contributed by atoms with van der Waals surface area (Å²) >= 11 is 6.07. The molecule has 2 aromatic rings. The Bertz CT molecular complexity index is 465. The maximum atomic E-state index is 6.07. The van der Waals surface area contributed by atoms with E-state index < -0.39 is 0 Å². The van der Waals surface area contributed by atoms with Crippen molar-refractivity contribution in [3.05, 3.63) is 64.7 Å². The molecule has 0 aliphatic rings. The van der Waals surface area contributed by atoms with Crippen LogP contribution in [0.3, 0.4) is 0 Å². The third-order valence-corrected chi connectivity index (χ3v) is 2.62. The molecule has 16 heavy (non-hydrogen) atoms. The third-order valence-electron chi connectivity index (χ3n) is 2.32. The van der Waals surface area contributed by atoms with Crippen molar-refractivity contribution in [2.24, 2.45) is 0 Å². The van der Waals surface area contributed by atoms with E-state index in [-0.39, 0.29) is 0 Å². The SMILES string of the molecule is Cc1ccc(OCc2ccccc2)c(Cl)c1. The maximum absolute atomic E-state index is 6.07. The van der Waals surface area contributed by atoms with E-state index >= 15 is 0 Å². The number of ether oxygens (including phenoxy) is 1. The fraction of sp³-hybridized carbons (Fsp3) is 0.143. The molecule has 0 atom stereocenters. The first-order valence-corrected chi connectivity index (χ1v) is 5.56. The van der Waals surface area contributed by atoms with Crippen molar-refractivity contribution in [1.29, 1.82) is 0 Å². The molecule has 0 aliphatic carbocycles. The quantitative estimate of drug-likeness (QED) is 0.770. The molecule has 0 spiro atoms. The first-order valence-electron chi connectivity index (χ1n) is 5.18. The molecule has 0 amide bonds. The zero-order valence-electron chi connectivity index (χ0n) is 9.11. The summed E-state index contributed by atoms with van der Waals surface area (Å²) < 4.78 is 5.65. The molecular weight excluding hydrogens is 220 g/mol. The molecule has 0 saturated heterocycles. The van der Waals surface area contributed by atoms with Gasteiger partial charge in [0.05, 0.1) is 5.02 Å². The Morgan fingerprint density at radius 3 is 2.50 bits per heavy atom. The van der Waals surface area contributed by atoms with Gasteiger partial charge in [-0.1, -0.05) is 48.0 Å². The van der Waals surface area contributed by atoms with Crippen LogP contribution in [-0.2, 0) is 6.61 Å². The van der Waals surface area contributed by atoms with Crippen molar-refractivity contribution >= 4 is 11.6 Å². The lowest BCUT2D eigenvalue weighted by Gasteiger charge is -2.08. The molecule has 0 saturated carbocycles. The Morgan fingerprint density at radius 2 is 1.81 bits per heavy atom. The van der Waals surface area contributed by atoms with Crippen LogP contribution in [0.4, 0.5) is 0 Å². The molecule has 0 fully saturated rings. The van der Waals surface area contributed by atoms with Gasteiger partial charge in [-0.15, -0.1) is 0 Å². The standard InChI is InChI=1S/C14H13ClO/c1-11-7-8-14(13(15)9-11)16-10-12-5-3-2-4-6-12/h2-9H,10H2,1H3. The average molecular weight is 233 g/mol. The highest BCUT2D eigenvalue weighted by atomic mass is 35.5. The summed E-state index contributed by atoms with van der Waals surface area (Å²) in [5.74, 6) is 0.733. The van der Waals surface area contributed by atoms with Gasteiger partial charge in [0.25, 0.3) is 0 Å². The van der Waals surface area contributed by atoms with Gasteiger partial charge in [-0.05, 0) is 30.2 Å². The van der Waals surface area contributed by atoms with Crippen LogP contribution in [0, 0.1) is 6.92 Å². The van der Waals surface area contributed by atoms with E-state index in [4.69, 9.17) is 16.3 Å². The minimum absolute atomic E-state index is 0.545. The predicted octanol–water partition coefficient (Wildman–Crippen LogP) is 4.23. The van der Waals surface area contributed by atoms with E-state index in [1.54, 1.807) is 0 Å².